The van der Waals surface area contributed by atoms with Crippen LogP contribution in [0.15, 0.2) is 53.8 Å². The minimum Gasteiger partial charge on any atom is -0.378 e. The van der Waals surface area contributed by atoms with Crippen LogP contribution in [0.25, 0.3) is 0 Å². The summed E-state index contributed by atoms with van der Waals surface area (Å²) in [6.45, 7) is 2.39. The fourth-order valence-corrected chi connectivity index (χ4v) is 3.69. The molecule has 1 fully saturated rings. The molecule has 0 saturated carbocycles. The number of morpholine rings is 1. The molecule has 0 radical (unpaired) electrons. The highest BCUT2D eigenvalue weighted by molar-refractivity contribution is 5.94. The Bertz CT molecular complexity index is 1210. The fraction of sp³-hybridized carbons (Fsp3) is 0.217. The number of ether oxygens (including phenoxy) is 1. The Morgan fingerprint density at radius 2 is 1.91 bits per heavy atom. The first kappa shape index (κ1) is 19.8. The van der Waals surface area contributed by atoms with Crippen LogP contribution in [0.1, 0.15) is 33.2 Å². The molecule has 2 aliphatic heterocycles. The number of rotatable bonds is 4. The smallest absolute Gasteiger partial charge is 0.254 e. The molecule has 0 aliphatic carbocycles. The Kier molecular flexibility index (Phi) is 5.27. The van der Waals surface area contributed by atoms with Crippen molar-refractivity contribution in [2.75, 3.05) is 31.6 Å². The number of amides is 1. The van der Waals surface area contributed by atoms with E-state index in [0.29, 0.717) is 54.9 Å². The van der Waals surface area contributed by atoms with E-state index in [-0.39, 0.29) is 11.8 Å². The van der Waals surface area contributed by atoms with Crippen molar-refractivity contribution in [1.29, 1.82) is 5.26 Å². The molecule has 3 aromatic rings. The topological polar surface area (TPSA) is 116 Å². The van der Waals surface area contributed by atoms with Crippen molar-refractivity contribution in [3.8, 4) is 6.07 Å². The third-order valence-electron chi connectivity index (χ3n) is 5.40. The standard InChI is InChI=1S/C23H19N7O2/c24-11-17-5-6-18(12-25-17)28-23-27-14-20-21(29-23)19(13-26-20)15-1-3-16(4-2-15)22(31)30-7-9-32-10-8-30/h1-6,12-14,19H,7-10H2,(H,27,28,29). The molecule has 2 aromatic heterocycles. The minimum absolute atomic E-state index is 0.0187. The monoisotopic (exact) mass is 425 g/mol. The number of carbonyl (C=O) groups excluding carboxylic acids is 1. The zero-order valence-electron chi connectivity index (χ0n) is 17.1. The van der Waals surface area contributed by atoms with Crippen LogP contribution in [0.2, 0.25) is 0 Å². The molecule has 1 aromatic carbocycles. The van der Waals surface area contributed by atoms with Crippen molar-refractivity contribution >= 4 is 29.4 Å². The van der Waals surface area contributed by atoms with Crippen LogP contribution in [-0.4, -0.2) is 58.3 Å². The van der Waals surface area contributed by atoms with Crippen LogP contribution >= 0.6 is 0 Å². The van der Waals surface area contributed by atoms with Crippen molar-refractivity contribution in [3.63, 3.8) is 0 Å². The van der Waals surface area contributed by atoms with Crippen LogP contribution in [0.4, 0.5) is 17.3 Å². The second-order valence-electron chi connectivity index (χ2n) is 7.42. The SMILES string of the molecule is N#Cc1ccc(Nc2ncc3c(n2)C(c2ccc(C(=O)N4CCOCC4)cc2)C=N3)cn1. The van der Waals surface area contributed by atoms with Gasteiger partial charge in [-0.15, -0.1) is 0 Å². The van der Waals surface area contributed by atoms with Gasteiger partial charge in [-0.05, 0) is 29.8 Å². The van der Waals surface area contributed by atoms with Gasteiger partial charge < -0.3 is 15.0 Å². The largest absolute Gasteiger partial charge is 0.378 e. The summed E-state index contributed by atoms with van der Waals surface area (Å²) in [5.74, 6) is 0.315. The van der Waals surface area contributed by atoms with Gasteiger partial charge in [0.2, 0.25) is 5.95 Å². The average Bonchev–Trinajstić information content (AvgIpc) is 3.28. The summed E-state index contributed by atoms with van der Waals surface area (Å²) < 4.78 is 5.32. The number of hydrogen-bond acceptors (Lipinski definition) is 8. The highest BCUT2D eigenvalue weighted by Gasteiger charge is 2.24. The Balaban J connectivity index is 1.34. The highest BCUT2D eigenvalue weighted by Crippen LogP contribution is 2.35. The van der Waals surface area contributed by atoms with Gasteiger partial charge in [-0.2, -0.15) is 5.26 Å². The molecule has 1 saturated heterocycles. The zero-order valence-corrected chi connectivity index (χ0v) is 17.1. The number of benzene rings is 1. The van der Waals surface area contributed by atoms with Crippen LogP contribution in [0.5, 0.6) is 0 Å². The summed E-state index contributed by atoms with van der Waals surface area (Å²) >= 11 is 0. The van der Waals surface area contributed by atoms with Crippen molar-refractivity contribution < 1.29 is 9.53 Å². The lowest BCUT2D eigenvalue weighted by molar-refractivity contribution is 0.0303. The van der Waals surface area contributed by atoms with Gasteiger partial charge in [-0.25, -0.2) is 15.0 Å². The number of nitrogens with zero attached hydrogens (tertiary/aromatic N) is 6. The molecule has 1 amide bonds. The number of aromatic nitrogens is 3. The van der Waals surface area contributed by atoms with Gasteiger partial charge in [0.1, 0.15) is 17.5 Å². The molecular weight excluding hydrogens is 406 g/mol. The number of nitriles is 1. The maximum atomic E-state index is 12.7. The molecule has 4 heterocycles. The van der Waals surface area contributed by atoms with E-state index in [1.807, 2.05) is 41.4 Å². The molecule has 0 spiro atoms. The van der Waals surface area contributed by atoms with Crippen molar-refractivity contribution in [1.82, 2.24) is 19.9 Å². The molecular formula is C23H19N7O2. The third-order valence-corrected chi connectivity index (χ3v) is 5.40. The first-order chi connectivity index (χ1) is 15.7. The van der Waals surface area contributed by atoms with E-state index in [9.17, 15) is 4.79 Å². The molecule has 1 N–H and O–H groups in total. The van der Waals surface area contributed by atoms with Gasteiger partial charge in [-0.3, -0.25) is 9.79 Å². The summed E-state index contributed by atoms with van der Waals surface area (Å²) in [6.07, 6.45) is 5.08. The highest BCUT2D eigenvalue weighted by atomic mass is 16.5. The zero-order chi connectivity index (χ0) is 21.9. The third kappa shape index (κ3) is 3.91. The van der Waals surface area contributed by atoms with E-state index >= 15 is 0 Å². The van der Waals surface area contributed by atoms with Gasteiger partial charge in [0.25, 0.3) is 5.91 Å². The van der Waals surface area contributed by atoms with Gasteiger partial charge in [0, 0.05) is 24.9 Å². The Hall–Kier alpha value is -4.16. The first-order valence-corrected chi connectivity index (χ1v) is 10.2. The second kappa shape index (κ2) is 8.53. The maximum absolute atomic E-state index is 12.7. The number of anilines is 2. The Labute approximate surface area is 184 Å². The van der Waals surface area contributed by atoms with Gasteiger partial charge in [-0.1, -0.05) is 12.1 Å². The van der Waals surface area contributed by atoms with E-state index in [1.54, 1.807) is 24.5 Å². The van der Waals surface area contributed by atoms with Crippen molar-refractivity contribution in [3.05, 3.63) is 71.3 Å². The van der Waals surface area contributed by atoms with Gasteiger partial charge >= 0.3 is 0 Å². The summed E-state index contributed by atoms with van der Waals surface area (Å²) in [5, 5.41) is 12.0. The fourth-order valence-electron chi connectivity index (χ4n) is 3.69. The van der Waals surface area contributed by atoms with Crippen LogP contribution < -0.4 is 5.32 Å². The number of pyridine rings is 1. The van der Waals surface area contributed by atoms with Gasteiger partial charge in [0.15, 0.2) is 0 Å². The molecule has 5 rings (SSSR count). The van der Waals surface area contributed by atoms with Crippen LogP contribution in [-0.2, 0) is 4.74 Å². The molecule has 32 heavy (non-hydrogen) atoms. The van der Waals surface area contributed by atoms with Crippen LogP contribution in [0.3, 0.4) is 0 Å². The van der Waals surface area contributed by atoms with Gasteiger partial charge in [0.05, 0.1) is 42.9 Å². The molecule has 0 bridgehead atoms. The molecule has 9 heteroatoms. The quantitative estimate of drug-likeness (QED) is 0.683. The second-order valence-corrected chi connectivity index (χ2v) is 7.42. The van der Waals surface area contributed by atoms with E-state index in [4.69, 9.17) is 10.00 Å². The van der Waals surface area contributed by atoms with E-state index in [0.717, 1.165) is 11.3 Å². The molecule has 1 atom stereocenters. The normalized spacial score (nSPS) is 17.0. The summed E-state index contributed by atoms with van der Waals surface area (Å²) in [7, 11) is 0. The Morgan fingerprint density at radius 1 is 1.09 bits per heavy atom. The molecule has 158 valence electrons. The van der Waals surface area contributed by atoms with E-state index in [2.05, 4.69) is 25.3 Å². The van der Waals surface area contributed by atoms with E-state index < -0.39 is 0 Å². The maximum Gasteiger partial charge on any atom is 0.254 e. The van der Waals surface area contributed by atoms with Crippen molar-refractivity contribution in [2.45, 2.75) is 5.92 Å². The lowest BCUT2D eigenvalue weighted by Gasteiger charge is -2.27. The molecule has 1 unspecified atom stereocenters. The Morgan fingerprint density at radius 3 is 2.62 bits per heavy atom. The lowest BCUT2D eigenvalue weighted by Crippen LogP contribution is -2.40. The van der Waals surface area contributed by atoms with E-state index in [1.165, 1.54) is 0 Å². The summed E-state index contributed by atoms with van der Waals surface area (Å²) in [4.78, 5) is 31.9. The summed E-state index contributed by atoms with van der Waals surface area (Å²) in [5.41, 5.74) is 4.18. The predicted octanol–water partition coefficient (Wildman–Crippen LogP) is 2.81. The predicted molar refractivity (Wildman–Crippen MR) is 117 cm³/mol. The average molecular weight is 425 g/mol. The molecule has 9 nitrogen and oxygen atoms in total. The van der Waals surface area contributed by atoms with Crippen molar-refractivity contribution in [2.24, 2.45) is 4.99 Å². The minimum atomic E-state index is -0.125. The first-order valence-electron chi connectivity index (χ1n) is 10.2. The number of fused-ring (bicyclic) bond motifs is 1. The number of hydrogen-bond donors (Lipinski definition) is 1. The molecule has 2 aliphatic rings. The summed E-state index contributed by atoms with van der Waals surface area (Å²) in [6, 6.07) is 13.0. The lowest BCUT2D eigenvalue weighted by atomic mass is 9.96. The number of nitrogens with one attached hydrogen (secondary N) is 1. The number of carbonyl (C=O) groups is 1. The number of aliphatic imine (C=N–C) groups is 1. The van der Waals surface area contributed by atoms with Crippen LogP contribution in [0, 0.1) is 11.3 Å².